The Labute approximate surface area is 220 Å². The van der Waals surface area contributed by atoms with Crippen LogP contribution in [0, 0.1) is 6.92 Å². The number of benzene rings is 2. The van der Waals surface area contributed by atoms with Crippen LogP contribution in [0.15, 0.2) is 48.5 Å². The lowest BCUT2D eigenvalue weighted by atomic mass is 9.94. The standard InChI is InChI=1S/C27H31N5O4S/c1-16-8-6-7-11-20(16)32(27(35)24-21(28)22(25(29)33)31-37-24)23(17-12-14-19(36-2)15-13-17)26(34)30-18-9-4-3-5-10-18/h6-8,11-15,18,23H,3-5,9-10,28H2,1-2H3,(H2,29,33)(H,30,34). The minimum atomic E-state index is -1.01. The highest BCUT2D eigenvalue weighted by atomic mass is 32.1. The molecule has 1 aliphatic rings. The molecule has 1 saturated carbocycles. The van der Waals surface area contributed by atoms with Crippen molar-refractivity contribution < 1.29 is 19.1 Å². The lowest BCUT2D eigenvalue weighted by Crippen LogP contribution is -2.47. The van der Waals surface area contributed by atoms with Crippen molar-refractivity contribution >= 4 is 40.6 Å². The van der Waals surface area contributed by atoms with Crippen molar-refractivity contribution in [3.05, 3.63) is 70.2 Å². The molecule has 1 fully saturated rings. The number of aromatic nitrogens is 1. The number of amides is 3. The quantitative estimate of drug-likeness (QED) is 0.410. The number of carbonyl (C=O) groups is 3. The minimum absolute atomic E-state index is 0.0331. The fourth-order valence-electron chi connectivity index (χ4n) is 4.67. The number of ether oxygens (including phenoxy) is 1. The fourth-order valence-corrected chi connectivity index (χ4v) is 5.41. The van der Waals surface area contributed by atoms with Gasteiger partial charge in [0, 0.05) is 11.7 Å². The molecule has 10 heteroatoms. The molecule has 5 N–H and O–H groups in total. The van der Waals surface area contributed by atoms with Gasteiger partial charge >= 0.3 is 0 Å². The number of nitrogens with zero attached hydrogens (tertiary/aromatic N) is 2. The third kappa shape index (κ3) is 5.59. The number of hydrogen-bond donors (Lipinski definition) is 3. The Hall–Kier alpha value is -3.92. The average Bonchev–Trinajstić information content (AvgIpc) is 3.29. The molecule has 2 aromatic carbocycles. The van der Waals surface area contributed by atoms with Gasteiger partial charge in [0.1, 0.15) is 16.7 Å². The molecule has 3 amide bonds. The largest absolute Gasteiger partial charge is 0.497 e. The van der Waals surface area contributed by atoms with E-state index in [9.17, 15) is 14.4 Å². The number of para-hydroxylation sites is 1. The summed E-state index contributed by atoms with van der Waals surface area (Å²) in [5.41, 5.74) is 13.2. The number of methoxy groups -OCH3 is 1. The number of nitrogen functional groups attached to an aromatic ring is 1. The Morgan fingerprint density at radius 2 is 1.76 bits per heavy atom. The van der Waals surface area contributed by atoms with Crippen LogP contribution in [-0.2, 0) is 4.79 Å². The molecule has 0 radical (unpaired) electrons. The second-order valence-electron chi connectivity index (χ2n) is 9.12. The van der Waals surface area contributed by atoms with Crippen molar-refractivity contribution in [3.8, 4) is 5.75 Å². The molecule has 0 aliphatic heterocycles. The monoisotopic (exact) mass is 521 g/mol. The smallest absolute Gasteiger partial charge is 0.273 e. The summed E-state index contributed by atoms with van der Waals surface area (Å²) < 4.78 is 9.31. The first kappa shape index (κ1) is 26.2. The molecule has 0 bridgehead atoms. The Bertz CT molecular complexity index is 1280. The van der Waals surface area contributed by atoms with Gasteiger partial charge in [-0.05, 0) is 60.6 Å². The zero-order valence-corrected chi connectivity index (χ0v) is 21.7. The second kappa shape index (κ2) is 11.4. The molecule has 4 rings (SSSR count). The molecule has 1 heterocycles. The van der Waals surface area contributed by atoms with Gasteiger partial charge in [0.15, 0.2) is 5.69 Å². The van der Waals surface area contributed by atoms with Crippen LogP contribution in [0.3, 0.4) is 0 Å². The van der Waals surface area contributed by atoms with Gasteiger partial charge in [0.25, 0.3) is 11.8 Å². The maximum atomic E-state index is 14.1. The first-order chi connectivity index (χ1) is 17.8. The van der Waals surface area contributed by atoms with E-state index in [4.69, 9.17) is 16.2 Å². The number of anilines is 2. The van der Waals surface area contributed by atoms with Crippen molar-refractivity contribution in [1.82, 2.24) is 9.69 Å². The van der Waals surface area contributed by atoms with Crippen LogP contribution in [0.5, 0.6) is 5.75 Å². The molecule has 0 spiro atoms. The highest BCUT2D eigenvalue weighted by molar-refractivity contribution is 7.09. The Morgan fingerprint density at radius 1 is 1.08 bits per heavy atom. The molecule has 1 unspecified atom stereocenters. The summed E-state index contributed by atoms with van der Waals surface area (Å²) in [5.74, 6) is -1.04. The van der Waals surface area contributed by atoms with E-state index in [2.05, 4.69) is 9.69 Å². The summed E-state index contributed by atoms with van der Waals surface area (Å²) in [6.45, 7) is 1.87. The third-order valence-corrected chi connectivity index (χ3v) is 7.49. The Balaban J connectivity index is 1.85. The Kier molecular flexibility index (Phi) is 8.08. The fraction of sp³-hybridized carbons (Fsp3) is 0.333. The molecule has 1 atom stereocenters. The lowest BCUT2D eigenvalue weighted by molar-refractivity contribution is -0.123. The van der Waals surface area contributed by atoms with Crippen molar-refractivity contribution in [3.63, 3.8) is 0 Å². The summed E-state index contributed by atoms with van der Waals surface area (Å²) in [5, 5.41) is 3.18. The van der Waals surface area contributed by atoms with Gasteiger partial charge in [-0.25, -0.2) is 0 Å². The van der Waals surface area contributed by atoms with Crippen LogP contribution in [0.25, 0.3) is 0 Å². The number of nitrogens with one attached hydrogen (secondary N) is 1. The van der Waals surface area contributed by atoms with Crippen LogP contribution >= 0.6 is 11.5 Å². The van der Waals surface area contributed by atoms with E-state index in [0.29, 0.717) is 17.0 Å². The van der Waals surface area contributed by atoms with Crippen molar-refractivity contribution in [2.45, 2.75) is 51.1 Å². The topological polar surface area (TPSA) is 141 Å². The molecular weight excluding hydrogens is 490 g/mol. The first-order valence-electron chi connectivity index (χ1n) is 12.2. The van der Waals surface area contributed by atoms with E-state index in [-0.39, 0.29) is 28.2 Å². The number of aryl methyl sites for hydroxylation is 1. The predicted octanol–water partition coefficient (Wildman–Crippen LogP) is 3.98. The molecule has 0 saturated heterocycles. The van der Waals surface area contributed by atoms with Gasteiger partial charge in [-0.15, -0.1) is 0 Å². The van der Waals surface area contributed by atoms with E-state index in [1.54, 1.807) is 43.5 Å². The zero-order chi connectivity index (χ0) is 26.5. The van der Waals surface area contributed by atoms with Crippen molar-refractivity contribution in [1.29, 1.82) is 0 Å². The summed E-state index contributed by atoms with van der Waals surface area (Å²) in [6, 6.07) is 13.4. The highest BCUT2D eigenvalue weighted by Gasteiger charge is 2.37. The van der Waals surface area contributed by atoms with E-state index in [1.807, 2.05) is 19.1 Å². The van der Waals surface area contributed by atoms with Gasteiger partial charge < -0.3 is 21.5 Å². The van der Waals surface area contributed by atoms with Crippen LogP contribution in [0.4, 0.5) is 11.4 Å². The van der Waals surface area contributed by atoms with Crippen LogP contribution < -0.4 is 26.4 Å². The zero-order valence-electron chi connectivity index (χ0n) is 20.9. The molecule has 9 nitrogen and oxygen atoms in total. The molecular formula is C27H31N5O4S. The predicted molar refractivity (Wildman–Crippen MR) is 144 cm³/mol. The van der Waals surface area contributed by atoms with Crippen LogP contribution in [-0.4, -0.2) is 35.2 Å². The number of hydrogen-bond acceptors (Lipinski definition) is 7. The summed E-state index contributed by atoms with van der Waals surface area (Å²) in [6.07, 6.45) is 5.03. The highest BCUT2D eigenvalue weighted by Crippen LogP contribution is 2.35. The molecule has 1 aliphatic carbocycles. The van der Waals surface area contributed by atoms with Gasteiger partial charge in [-0.1, -0.05) is 49.6 Å². The molecule has 37 heavy (non-hydrogen) atoms. The molecule has 194 valence electrons. The van der Waals surface area contributed by atoms with Crippen molar-refractivity contribution in [2.24, 2.45) is 5.73 Å². The first-order valence-corrected chi connectivity index (χ1v) is 13.0. The summed E-state index contributed by atoms with van der Waals surface area (Å²) in [4.78, 5) is 41.4. The Morgan fingerprint density at radius 3 is 2.35 bits per heavy atom. The minimum Gasteiger partial charge on any atom is -0.497 e. The van der Waals surface area contributed by atoms with Crippen LogP contribution in [0.1, 0.15) is 69.4 Å². The maximum absolute atomic E-state index is 14.1. The summed E-state index contributed by atoms with van der Waals surface area (Å²) >= 11 is 0.789. The van der Waals surface area contributed by atoms with E-state index < -0.39 is 17.9 Å². The number of nitrogens with two attached hydrogens (primary N) is 2. The lowest BCUT2D eigenvalue weighted by Gasteiger charge is -2.34. The number of rotatable bonds is 8. The van der Waals surface area contributed by atoms with Gasteiger partial charge in [0.05, 0.1) is 12.8 Å². The SMILES string of the molecule is COc1ccc(C(C(=O)NC2CCCCC2)N(C(=O)c2snc(C(N)=O)c2N)c2ccccc2C)cc1. The van der Waals surface area contributed by atoms with E-state index >= 15 is 0 Å². The van der Waals surface area contributed by atoms with Crippen molar-refractivity contribution in [2.75, 3.05) is 17.7 Å². The summed E-state index contributed by atoms with van der Waals surface area (Å²) in [7, 11) is 1.56. The third-order valence-electron chi connectivity index (χ3n) is 6.64. The van der Waals surface area contributed by atoms with Gasteiger partial charge in [-0.2, -0.15) is 4.37 Å². The van der Waals surface area contributed by atoms with Gasteiger partial charge in [0.2, 0.25) is 5.91 Å². The number of carbonyl (C=O) groups excluding carboxylic acids is 3. The average molecular weight is 522 g/mol. The second-order valence-corrected chi connectivity index (χ2v) is 9.89. The maximum Gasteiger partial charge on any atom is 0.273 e. The normalized spacial score (nSPS) is 14.5. The number of primary amides is 1. The van der Waals surface area contributed by atoms with Crippen LogP contribution in [0.2, 0.25) is 0 Å². The molecule has 1 aromatic heterocycles. The molecule has 3 aromatic rings. The van der Waals surface area contributed by atoms with E-state index in [0.717, 1.165) is 49.2 Å². The van der Waals surface area contributed by atoms with E-state index in [1.165, 1.54) is 4.90 Å². The van der Waals surface area contributed by atoms with Gasteiger partial charge in [-0.3, -0.25) is 19.3 Å².